The number of H-pyrrole nitrogens is 1. The summed E-state index contributed by atoms with van der Waals surface area (Å²) in [6.45, 7) is 0. The highest BCUT2D eigenvalue weighted by molar-refractivity contribution is 5.89. The number of carbonyl (C=O) groups excluding carboxylic acids is 1. The molecule has 3 aromatic rings. The molecule has 33 heavy (non-hydrogen) atoms. The molecule has 4 rings (SSSR count). The maximum Gasteiger partial charge on any atom is 0.305 e. The van der Waals surface area contributed by atoms with Crippen LogP contribution in [0.4, 0.5) is 5.82 Å². The van der Waals surface area contributed by atoms with Gasteiger partial charge < -0.3 is 15.0 Å². The lowest BCUT2D eigenvalue weighted by atomic mass is 9.74. The van der Waals surface area contributed by atoms with Gasteiger partial charge in [0.1, 0.15) is 5.82 Å². The molecular weight excluding hydrogens is 457 g/mol. The van der Waals surface area contributed by atoms with E-state index in [2.05, 4.69) is 71.8 Å². The number of fused-ring (bicyclic) bond motifs is 1. The van der Waals surface area contributed by atoms with Crippen molar-refractivity contribution in [1.82, 2.24) is 9.88 Å². The zero-order chi connectivity index (χ0) is 21.8. The molecule has 180 valence electrons. The minimum absolute atomic E-state index is 0. The standard InChI is InChI=1S/C26H33N3O2.2ClH/c1-29(2)26(19-9-5-4-6-10-19)17-15-20(16-18-26)27-25-22(13-14-24(30)31-3)21-11-7-8-12-23(21)28-25;;/h4-12,20,27-28H,13-18H2,1-3H3;2*1H. The summed E-state index contributed by atoms with van der Waals surface area (Å²) in [6.07, 6.45) is 5.46. The summed E-state index contributed by atoms with van der Waals surface area (Å²) in [5.74, 6) is 0.875. The second-order valence-electron chi connectivity index (χ2n) is 8.81. The molecule has 5 nitrogen and oxygen atoms in total. The SMILES string of the molecule is COC(=O)CCc1c(NC2CCC(c3ccccc3)(N(C)C)CC2)[nH]c2ccccc12.Cl.Cl. The molecule has 0 atom stereocenters. The van der Waals surface area contributed by atoms with Gasteiger partial charge in [-0.3, -0.25) is 9.69 Å². The van der Waals surface area contributed by atoms with Crippen LogP contribution in [-0.2, 0) is 21.5 Å². The number of nitrogens with zero attached hydrogens (tertiary/aromatic N) is 1. The van der Waals surface area contributed by atoms with Crippen LogP contribution in [-0.4, -0.2) is 43.1 Å². The number of esters is 1. The first-order valence-corrected chi connectivity index (χ1v) is 11.2. The Morgan fingerprint density at radius 3 is 2.33 bits per heavy atom. The van der Waals surface area contributed by atoms with Crippen molar-refractivity contribution < 1.29 is 9.53 Å². The van der Waals surface area contributed by atoms with Gasteiger partial charge in [-0.2, -0.15) is 0 Å². The Kier molecular flexibility index (Phi) is 9.65. The van der Waals surface area contributed by atoms with Crippen LogP contribution in [0.5, 0.6) is 0 Å². The number of aromatic nitrogens is 1. The number of rotatable bonds is 7. The number of para-hydroxylation sites is 1. The zero-order valence-corrected chi connectivity index (χ0v) is 21.2. The van der Waals surface area contributed by atoms with Crippen molar-refractivity contribution in [2.24, 2.45) is 0 Å². The van der Waals surface area contributed by atoms with E-state index in [4.69, 9.17) is 4.74 Å². The fourth-order valence-corrected chi connectivity index (χ4v) is 5.10. The molecule has 7 heteroatoms. The normalized spacial score (nSPS) is 20.1. The predicted molar refractivity (Wildman–Crippen MR) is 141 cm³/mol. The van der Waals surface area contributed by atoms with Gasteiger partial charge in [0, 0.05) is 34.5 Å². The Balaban J connectivity index is 0.00000193. The minimum atomic E-state index is -0.174. The summed E-state index contributed by atoms with van der Waals surface area (Å²) in [5, 5.41) is 4.96. The molecule has 0 bridgehead atoms. The molecule has 2 aromatic carbocycles. The fourth-order valence-electron chi connectivity index (χ4n) is 5.10. The van der Waals surface area contributed by atoms with Gasteiger partial charge in [-0.1, -0.05) is 48.5 Å². The van der Waals surface area contributed by atoms with E-state index < -0.39 is 0 Å². The van der Waals surface area contributed by atoms with Crippen molar-refractivity contribution in [3.63, 3.8) is 0 Å². The van der Waals surface area contributed by atoms with E-state index in [1.807, 2.05) is 12.1 Å². The lowest BCUT2D eigenvalue weighted by Crippen LogP contribution is -2.46. The minimum Gasteiger partial charge on any atom is -0.469 e. The van der Waals surface area contributed by atoms with Crippen molar-refractivity contribution in [3.8, 4) is 0 Å². The Morgan fingerprint density at radius 2 is 1.70 bits per heavy atom. The van der Waals surface area contributed by atoms with E-state index >= 15 is 0 Å². The van der Waals surface area contributed by atoms with Crippen LogP contribution in [0.3, 0.4) is 0 Å². The van der Waals surface area contributed by atoms with Crippen LogP contribution < -0.4 is 5.32 Å². The molecule has 0 spiro atoms. The molecule has 1 aliphatic carbocycles. The first kappa shape index (κ1) is 27.0. The topological polar surface area (TPSA) is 57.4 Å². The number of aryl methyl sites for hydroxylation is 1. The summed E-state index contributed by atoms with van der Waals surface area (Å²) in [4.78, 5) is 17.7. The highest BCUT2D eigenvalue weighted by Crippen LogP contribution is 2.42. The molecule has 1 aliphatic rings. The number of ether oxygens (including phenoxy) is 1. The Labute approximate surface area is 209 Å². The van der Waals surface area contributed by atoms with E-state index in [0.717, 1.165) is 37.0 Å². The van der Waals surface area contributed by atoms with Crippen LogP contribution in [0.15, 0.2) is 54.6 Å². The third-order valence-electron chi connectivity index (χ3n) is 6.95. The molecule has 1 saturated carbocycles. The quantitative estimate of drug-likeness (QED) is 0.402. The molecule has 1 heterocycles. The van der Waals surface area contributed by atoms with E-state index in [1.54, 1.807) is 0 Å². The van der Waals surface area contributed by atoms with Crippen molar-refractivity contribution >= 4 is 47.5 Å². The number of methoxy groups -OCH3 is 1. The van der Waals surface area contributed by atoms with Gasteiger partial charge in [-0.25, -0.2) is 0 Å². The zero-order valence-electron chi connectivity index (χ0n) is 19.6. The van der Waals surface area contributed by atoms with Crippen molar-refractivity contribution in [2.75, 3.05) is 26.5 Å². The van der Waals surface area contributed by atoms with E-state index in [-0.39, 0.29) is 36.3 Å². The van der Waals surface area contributed by atoms with Crippen LogP contribution in [0.1, 0.15) is 43.2 Å². The highest BCUT2D eigenvalue weighted by atomic mass is 35.5. The second kappa shape index (κ2) is 11.8. The Hall–Kier alpha value is -2.21. The fraction of sp³-hybridized carbons (Fsp3) is 0.423. The summed E-state index contributed by atoms with van der Waals surface area (Å²) < 4.78 is 4.86. The van der Waals surface area contributed by atoms with E-state index in [9.17, 15) is 4.79 Å². The van der Waals surface area contributed by atoms with E-state index in [1.165, 1.54) is 23.6 Å². The van der Waals surface area contributed by atoms with Crippen LogP contribution in [0.25, 0.3) is 10.9 Å². The van der Waals surface area contributed by atoms with Gasteiger partial charge in [0.15, 0.2) is 0 Å². The number of carbonyl (C=O) groups is 1. The molecule has 1 aromatic heterocycles. The smallest absolute Gasteiger partial charge is 0.305 e. The van der Waals surface area contributed by atoms with Gasteiger partial charge in [-0.05, 0) is 57.8 Å². The monoisotopic (exact) mass is 491 g/mol. The van der Waals surface area contributed by atoms with E-state index in [0.29, 0.717) is 18.9 Å². The predicted octanol–water partition coefficient (Wildman–Crippen LogP) is 5.93. The number of hydrogen-bond donors (Lipinski definition) is 2. The number of benzene rings is 2. The lowest BCUT2D eigenvalue weighted by Gasteiger charge is -2.45. The summed E-state index contributed by atoms with van der Waals surface area (Å²) in [7, 11) is 5.84. The number of aromatic amines is 1. The summed E-state index contributed by atoms with van der Waals surface area (Å²) in [5.41, 5.74) is 3.78. The third-order valence-corrected chi connectivity index (χ3v) is 6.95. The van der Waals surface area contributed by atoms with Crippen molar-refractivity contribution in [2.45, 2.75) is 50.1 Å². The van der Waals surface area contributed by atoms with Gasteiger partial charge in [0.2, 0.25) is 0 Å². The number of halogens is 2. The number of hydrogen-bond acceptors (Lipinski definition) is 4. The molecule has 0 aliphatic heterocycles. The van der Waals surface area contributed by atoms with Crippen LogP contribution in [0, 0.1) is 0 Å². The molecule has 0 unspecified atom stereocenters. The molecule has 0 saturated heterocycles. The van der Waals surface area contributed by atoms with Crippen molar-refractivity contribution in [1.29, 1.82) is 0 Å². The Bertz CT molecular complexity index is 1030. The maximum absolute atomic E-state index is 11.8. The first-order chi connectivity index (χ1) is 15.0. The molecule has 2 N–H and O–H groups in total. The number of anilines is 1. The van der Waals surface area contributed by atoms with Crippen molar-refractivity contribution in [3.05, 3.63) is 65.7 Å². The number of nitrogens with one attached hydrogen (secondary N) is 2. The third kappa shape index (κ3) is 5.65. The first-order valence-electron chi connectivity index (χ1n) is 11.2. The highest BCUT2D eigenvalue weighted by Gasteiger charge is 2.38. The van der Waals surface area contributed by atoms with Crippen LogP contribution >= 0.6 is 24.8 Å². The molecule has 0 radical (unpaired) electrons. The summed E-state index contributed by atoms with van der Waals surface area (Å²) >= 11 is 0. The van der Waals surface area contributed by atoms with Gasteiger partial charge in [0.05, 0.1) is 7.11 Å². The average molecular weight is 492 g/mol. The van der Waals surface area contributed by atoms with Gasteiger partial charge in [-0.15, -0.1) is 24.8 Å². The molecule has 1 fully saturated rings. The Morgan fingerprint density at radius 1 is 1.06 bits per heavy atom. The second-order valence-corrected chi connectivity index (χ2v) is 8.81. The van der Waals surface area contributed by atoms with Gasteiger partial charge >= 0.3 is 5.97 Å². The summed E-state index contributed by atoms with van der Waals surface area (Å²) in [6, 6.07) is 19.6. The van der Waals surface area contributed by atoms with Crippen LogP contribution in [0.2, 0.25) is 0 Å². The maximum atomic E-state index is 11.8. The largest absolute Gasteiger partial charge is 0.469 e. The average Bonchev–Trinajstić information content (AvgIpc) is 3.15. The molecule has 0 amide bonds. The molecular formula is C26H35Cl2N3O2. The van der Waals surface area contributed by atoms with Gasteiger partial charge in [0.25, 0.3) is 0 Å². The lowest BCUT2D eigenvalue weighted by molar-refractivity contribution is -0.140.